The van der Waals surface area contributed by atoms with E-state index in [2.05, 4.69) is 40.7 Å². The zero-order valence-electron chi connectivity index (χ0n) is 13.0. The molecule has 0 aromatic carbocycles. The van der Waals surface area contributed by atoms with Gasteiger partial charge in [0.2, 0.25) is 0 Å². The number of allylic oxidation sites excluding steroid dienone is 2. The van der Waals surface area contributed by atoms with Crippen LogP contribution >= 0.6 is 0 Å². The fraction of sp³-hybridized carbons (Fsp3) is 0.706. The van der Waals surface area contributed by atoms with Gasteiger partial charge in [-0.3, -0.25) is 0 Å². The van der Waals surface area contributed by atoms with Gasteiger partial charge in [-0.2, -0.15) is 5.26 Å². The molecule has 1 atom stereocenters. The summed E-state index contributed by atoms with van der Waals surface area (Å²) in [5.41, 5.74) is 5.11. The van der Waals surface area contributed by atoms with Crippen LogP contribution in [0.1, 0.15) is 66.7 Å². The number of hydrogen-bond acceptors (Lipinski definition) is 2. The lowest BCUT2D eigenvalue weighted by Crippen LogP contribution is -2.33. The highest BCUT2D eigenvalue weighted by molar-refractivity contribution is 5.50. The van der Waals surface area contributed by atoms with E-state index in [0.717, 1.165) is 25.7 Å². The Hall–Kier alpha value is -1.07. The maximum Gasteiger partial charge on any atom is 0.0668 e. The molecule has 2 nitrogen and oxygen atoms in total. The molecule has 0 bridgehead atoms. The minimum absolute atomic E-state index is 0.191. The summed E-state index contributed by atoms with van der Waals surface area (Å²) in [6, 6.07) is 2.17. The maximum absolute atomic E-state index is 10.6. The lowest BCUT2D eigenvalue weighted by Gasteiger charge is -2.34. The highest BCUT2D eigenvalue weighted by Gasteiger charge is 2.41. The second-order valence-corrected chi connectivity index (χ2v) is 5.98. The third-order valence-corrected chi connectivity index (χ3v) is 5.18. The van der Waals surface area contributed by atoms with Gasteiger partial charge in [0.05, 0.1) is 12.2 Å². The summed E-state index contributed by atoms with van der Waals surface area (Å²) < 4.78 is 0. The van der Waals surface area contributed by atoms with Crippen molar-refractivity contribution in [1.29, 1.82) is 5.26 Å². The summed E-state index contributed by atoms with van der Waals surface area (Å²) in [7, 11) is 0. The largest absolute Gasteiger partial charge is 0.392 e. The van der Waals surface area contributed by atoms with E-state index < -0.39 is 0 Å². The molecule has 0 spiro atoms. The molecule has 1 aliphatic carbocycles. The van der Waals surface area contributed by atoms with Crippen molar-refractivity contribution < 1.29 is 5.11 Å². The zero-order valence-corrected chi connectivity index (χ0v) is 13.0. The molecule has 106 valence electrons. The van der Waals surface area contributed by atoms with E-state index >= 15 is 0 Å². The van der Waals surface area contributed by atoms with Crippen LogP contribution in [0.2, 0.25) is 0 Å². The predicted octanol–water partition coefficient (Wildman–Crippen LogP) is 4.51. The second-order valence-electron chi connectivity index (χ2n) is 5.98. The molecule has 19 heavy (non-hydrogen) atoms. The molecular formula is C17H27NO. The minimum Gasteiger partial charge on any atom is -0.392 e. The van der Waals surface area contributed by atoms with Gasteiger partial charge in [-0.1, -0.05) is 24.0 Å². The zero-order chi connectivity index (χ0) is 14.6. The topological polar surface area (TPSA) is 44.0 Å². The Morgan fingerprint density at radius 2 is 1.58 bits per heavy atom. The quantitative estimate of drug-likeness (QED) is 0.715. The van der Waals surface area contributed by atoms with Gasteiger partial charge in [0.25, 0.3) is 0 Å². The van der Waals surface area contributed by atoms with Crippen molar-refractivity contribution in [2.75, 3.05) is 0 Å². The van der Waals surface area contributed by atoms with Crippen molar-refractivity contribution in [2.45, 2.75) is 72.8 Å². The molecule has 0 radical (unpaired) electrons. The first-order valence-corrected chi connectivity index (χ1v) is 7.28. The summed E-state index contributed by atoms with van der Waals surface area (Å²) in [6.07, 6.45) is 4.10. The molecule has 2 heteroatoms. The first kappa shape index (κ1) is 16.0. The monoisotopic (exact) mass is 261 g/mol. The van der Waals surface area contributed by atoms with Gasteiger partial charge in [0.1, 0.15) is 0 Å². The van der Waals surface area contributed by atoms with Crippen LogP contribution < -0.4 is 0 Å². The average molecular weight is 261 g/mol. The molecule has 1 aliphatic rings. The fourth-order valence-electron chi connectivity index (χ4n) is 3.13. The van der Waals surface area contributed by atoms with Crippen LogP contribution in [0.3, 0.4) is 0 Å². The normalized spacial score (nSPS) is 19.8. The fourth-order valence-corrected chi connectivity index (χ4v) is 3.13. The highest BCUT2D eigenvalue weighted by atomic mass is 16.3. The molecule has 0 fully saturated rings. The number of aliphatic hydroxyl groups excluding tert-OH is 1. The van der Waals surface area contributed by atoms with Crippen LogP contribution in [-0.2, 0) is 0 Å². The number of nitriles is 1. The van der Waals surface area contributed by atoms with Crippen LogP contribution in [0.25, 0.3) is 0 Å². The van der Waals surface area contributed by atoms with Gasteiger partial charge < -0.3 is 5.11 Å². The Morgan fingerprint density at radius 1 is 1.05 bits per heavy atom. The van der Waals surface area contributed by atoms with E-state index in [1.165, 1.54) is 22.3 Å². The van der Waals surface area contributed by atoms with Crippen molar-refractivity contribution in [1.82, 2.24) is 0 Å². The molecule has 0 saturated heterocycles. The van der Waals surface area contributed by atoms with E-state index in [1.807, 2.05) is 0 Å². The lowest BCUT2D eigenvalue weighted by molar-refractivity contribution is 0.0759. The highest BCUT2D eigenvalue weighted by Crippen LogP contribution is 2.49. The minimum atomic E-state index is -0.318. The van der Waals surface area contributed by atoms with Crippen molar-refractivity contribution in [2.24, 2.45) is 5.41 Å². The average Bonchev–Trinajstić information content (AvgIpc) is 2.55. The molecule has 0 aromatic heterocycles. The van der Waals surface area contributed by atoms with Crippen molar-refractivity contribution in [3.8, 4) is 6.07 Å². The number of unbranched alkanes of at least 4 members (excludes halogenated alkanes) is 3. The number of nitrogens with zero attached hydrogens (tertiary/aromatic N) is 1. The van der Waals surface area contributed by atoms with E-state index in [1.54, 1.807) is 0 Å². The van der Waals surface area contributed by atoms with Crippen LogP contribution in [-0.4, -0.2) is 11.2 Å². The van der Waals surface area contributed by atoms with Crippen LogP contribution in [0.5, 0.6) is 0 Å². The standard InChI is InChI=1S/C17H27NO/c1-12-13(2)15(4)17(5,14(12)3)16(19)10-8-6-7-9-11-18/h16,19H,6-10H2,1-5H3. The van der Waals surface area contributed by atoms with Gasteiger partial charge >= 0.3 is 0 Å². The van der Waals surface area contributed by atoms with E-state index in [9.17, 15) is 5.11 Å². The first-order chi connectivity index (χ1) is 8.87. The molecule has 1 unspecified atom stereocenters. The van der Waals surface area contributed by atoms with Gasteiger partial charge in [0, 0.05) is 11.8 Å². The van der Waals surface area contributed by atoms with Gasteiger partial charge in [-0.05, 0) is 58.6 Å². The Labute approximate surface area is 117 Å². The van der Waals surface area contributed by atoms with E-state index in [0.29, 0.717) is 6.42 Å². The first-order valence-electron chi connectivity index (χ1n) is 7.28. The number of rotatable bonds is 6. The Bertz CT molecular complexity index is 413. The third-order valence-electron chi connectivity index (χ3n) is 5.18. The molecule has 1 N–H and O–H groups in total. The van der Waals surface area contributed by atoms with Gasteiger partial charge in [-0.25, -0.2) is 0 Å². The molecule has 0 saturated carbocycles. The lowest BCUT2D eigenvalue weighted by atomic mass is 9.73. The van der Waals surface area contributed by atoms with E-state index in [-0.39, 0.29) is 11.5 Å². The predicted molar refractivity (Wildman–Crippen MR) is 79.6 cm³/mol. The summed E-state index contributed by atoms with van der Waals surface area (Å²) >= 11 is 0. The van der Waals surface area contributed by atoms with Crippen molar-refractivity contribution in [3.05, 3.63) is 22.3 Å². The van der Waals surface area contributed by atoms with Crippen molar-refractivity contribution in [3.63, 3.8) is 0 Å². The molecule has 0 aliphatic heterocycles. The van der Waals surface area contributed by atoms with Gasteiger partial charge in [0.15, 0.2) is 0 Å². The molecule has 0 heterocycles. The van der Waals surface area contributed by atoms with Crippen molar-refractivity contribution >= 4 is 0 Å². The smallest absolute Gasteiger partial charge is 0.0668 e. The summed E-state index contributed by atoms with van der Waals surface area (Å²) in [4.78, 5) is 0. The second kappa shape index (κ2) is 6.39. The van der Waals surface area contributed by atoms with Crippen LogP contribution in [0, 0.1) is 16.7 Å². The van der Waals surface area contributed by atoms with Crippen LogP contribution in [0.15, 0.2) is 22.3 Å². The summed E-state index contributed by atoms with van der Waals surface area (Å²) in [6.45, 7) is 10.8. The maximum atomic E-state index is 10.6. The number of hydrogen-bond donors (Lipinski definition) is 1. The Morgan fingerprint density at radius 3 is 2.05 bits per heavy atom. The molecular weight excluding hydrogens is 234 g/mol. The third kappa shape index (κ3) is 2.92. The summed E-state index contributed by atoms with van der Waals surface area (Å²) in [5.74, 6) is 0. The number of aliphatic hydroxyl groups is 1. The molecule has 0 aromatic rings. The van der Waals surface area contributed by atoms with E-state index in [4.69, 9.17) is 5.26 Å². The van der Waals surface area contributed by atoms with Gasteiger partial charge in [-0.15, -0.1) is 0 Å². The molecule has 1 rings (SSSR count). The SMILES string of the molecule is CC1=C(C)C(C)(C(O)CCCCCC#N)C(C)=C1C. The Kier molecular flexibility index (Phi) is 5.38. The van der Waals surface area contributed by atoms with Crippen LogP contribution in [0.4, 0.5) is 0 Å². The summed E-state index contributed by atoms with van der Waals surface area (Å²) in [5, 5.41) is 19.1. The Balaban J connectivity index is 2.67. The molecule has 0 amide bonds.